The SMILES string of the molecule is Brc1ccc(C2=CCC(C3CCC3)CC2)cc1. The fourth-order valence-electron chi connectivity index (χ4n) is 3.12. The fourth-order valence-corrected chi connectivity index (χ4v) is 3.38. The van der Waals surface area contributed by atoms with Crippen molar-refractivity contribution in [1.29, 1.82) is 0 Å². The summed E-state index contributed by atoms with van der Waals surface area (Å²) in [5.74, 6) is 2.04. The minimum absolute atomic E-state index is 0.989. The van der Waals surface area contributed by atoms with Crippen LogP contribution in [0.2, 0.25) is 0 Å². The summed E-state index contributed by atoms with van der Waals surface area (Å²) in [5.41, 5.74) is 2.98. The Labute approximate surface area is 112 Å². The molecule has 1 saturated carbocycles. The Kier molecular flexibility index (Phi) is 3.37. The lowest BCUT2D eigenvalue weighted by atomic mass is 9.70. The van der Waals surface area contributed by atoms with Crippen LogP contribution in [0, 0.1) is 11.8 Å². The highest BCUT2D eigenvalue weighted by atomic mass is 79.9. The van der Waals surface area contributed by atoms with Crippen LogP contribution in [0.4, 0.5) is 0 Å². The molecule has 0 N–H and O–H groups in total. The minimum atomic E-state index is 0.989. The monoisotopic (exact) mass is 290 g/mol. The van der Waals surface area contributed by atoms with Crippen LogP contribution in [0.1, 0.15) is 44.1 Å². The third-order valence-corrected chi connectivity index (χ3v) is 5.01. The summed E-state index contributed by atoms with van der Waals surface area (Å²) in [6.45, 7) is 0. The van der Waals surface area contributed by atoms with E-state index in [1.807, 2.05) is 0 Å². The van der Waals surface area contributed by atoms with Crippen molar-refractivity contribution in [3.8, 4) is 0 Å². The standard InChI is InChI=1S/C16H19Br/c17-16-10-8-15(9-11-16)14-6-4-13(5-7-14)12-2-1-3-12/h6,8-13H,1-5,7H2. The lowest BCUT2D eigenvalue weighted by Crippen LogP contribution is -2.23. The molecule has 0 aromatic heterocycles. The molecule has 17 heavy (non-hydrogen) atoms. The highest BCUT2D eigenvalue weighted by molar-refractivity contribution is 9.10. The van der Waals surface area contributed by atoms with Gasteiger partial charge in [-0.15, -0.1) is 0 Å². The van der Waals surface area contributed by atoms with Gasteiger partial charge in [0.1, 0.15) is 0 Å². The van der Waals surface area contributed by atoms with Gasteiger partial charge in [0.05, 0.1) is 0 Å². The zero-order valence-corrected chi connectivity index (χ0v) is 11.7. The van der Waals surface area contributed by atoms with Gasteiger partial charge in [-0.2, -0.15) is 0 Å². The fraction of sp³-hybridized carbons (Fsp3) is 0.500. The van der Waals surface area contributed by atoms with Crippen molar-refractivity contribution in [2.24, 2.45) is 11.8 Å². The van der Waals surface area contributed by atoms with Gasteiger partial charge in [0.2, 0.25) is 0 Å². The highest BCUT2D eigenvalue weighted by Crippen LogP contribution is 2.42. The average Bonchev–Trinajstić information content (AvgIpc) is 2.29. The van der Waals surface area contributed by atoms with Gasteiger partial charge in [0.25, 0.3) is 0 Å². The Hall–Kier alpha value is -0.560. The molecule has 0 spiro atoms. The van der Waals surface area contributed by atoms with Gasteiger partial charge in [-0.05, 0) is 54.4 Å². The Morgan fingerprint density at radius 1 is 0.941 bits per heavy atom. The summed E-state index contributed by atoms with van der Waals surface area (Å²) in [6, 6.07) is 8.77. The largest absolute Gasteiger partial charge is 0.0804 e. The number of benzene rings is 1. The number of halogens is 1. The van der Waals surface area contributed by atoms with E-state index in [0.29, 0.717) is 0 Å². The molecule has 0 aliphatic heterocycles. The van der Waals surface area contributed by atoms with Gasteiger partial charge < -0.3 is 0 Å². The van der Waals surface area contributed by atoms with Crippen LogP contribution >= 0.6 is 15.9 Å². The molecule has 3 rings (SSSR count). The Bertz CT molecular complexity index is 412. The summed E-state index contributed by atoms with van der Waals surface area (Å²) < 4.78 is 1.17. The van der Waals surface area contributed by atoms with Crippen LogP contribution in [0.15, 0.2) is 34.8 Å². The molecule has 1 aromatic rings. The summed E-state index contributed by atoms with van der Waals surface area (Å²) >= 11 is 3.50. The van der Waals surface area contributed by atoms with E-state index >= 15 is 0 Å². The molecule has 1 atom stereocenters. The quantitative estimate of drug-likeness (QED) is 0.681. The molecule has 1 fully saturated rings. The van der Waals surface area contributed by atoms with Gasteiger partial charge in [-0.25, -0.2) is 0 Å². The first-order chi connectivity index (χ1) is 8.33. The molecule has 90 valence electrons. The summed E-state index contributed by atoms with van der Waals surface area (Å²) in [4.78, 5) is 0. The second-order valence-electron chi connectivity index (χ2n) is 5.46. The molecular weight excluding hydrogens is 272 g/mol. The third kappa shape index (κ3) is 2.49. The second kappa shape index (κ2) is 4.97. The van der Waals surface area contributed by atoms with Crippen molar-refractivity contribution >= 4 is 21.5 Å². The van der Waals surface area contributed by atoms with E-state index in [1.165, 1.54) is 48.6 Å². The van der Waals surface area contributed by atoms with E-state index in [1.54, 1.807) is 5.57 Å². The summed E-state index contributed by atoms with van der Waals surface area (Å²) in [6.07, 6.45) is 11.0. The molecule has 0 heterocycles. The highest BCUT2D eigenvalue weighted by Gasteiger charge is 2.28. The van der Waals surface area contributed by atoms with Crippen molar-refractivity contribution in [3.05, 3.63) is 40.4 Å². The van der Waals surface area contributed by atoms with Crippen LogP contribution < -0.4 is 0 Å². The summed E-state index contributed by atoms with van der Waals surface area (Å²) in [7, 11) is 0. The lowest BCUT2D eigenvalue weighted by Gasteiger charge is -2.35. The predicted octanol–water partition coefficient (Wildman–Crippen LogP) is 5.43. The van der Waals surface area contributed by atoms with Crippen LogP contribution in [-0.4, -0.2) is 0 Å². The number of rotatable bonds is 2. The maximum absolute atomic E-state index is 3.50. The van der Waals surface area contributed by atoms with Gasteiger partial charge in [-0.1, -0.05) is 53.4 Å². The lowest BCUT2D eigenvalue weighted by molar-refractivity contribution is 0.195. The van der Waals surface area contributed by atoms with Crippen molar-refractivity contribution in [3.63, 3.8) is 0 Å². The molecule has 2 aliphatic carbocycles. The minimum Gasteiger partial charge on any atom is -0.0804 e. The molecule has 0 nitrogen and oxygen atoms in total. The van der Waals surface area contributed by atoms with Gasteiger partial charge in [0, 0.05) is 4.47 Å². The Balaban J connectivity index is 1.69. The van der Waals surface area contributed by atoms with Crippen molar-refractivity contribution in [2.75, 3.05) is 0 Å². The molecule has 2 aliphatic rings. The molecule has 1 unspecified atom stereocenters. The van der Waals surface area contributed by atoms with Crippen molar-refractivity contribution in [1.82, 2.24) is 0 Å². The van der Waals surface area contributed by atoms with Crippen molar-refractivity contribution < 1.29 is 0 Å². The van der Waals surface area contributed by atoms with Crippen LogP contribution in [0.25, 0.3) is 5.57 Å². The maximum atomic E-state index is 3.50. The molecule has 0 bridgehead atoms. The van der Waals surface area contributed by atoms with Gasteiger partial charge in [0.15, 0.2) is 0 Å². The normalized spacial score (nSPS) is 25.2. The molecule has 0 radical (unpaired) electrons. The molecule has 1 heteroatoms. The molecule has 1 aromatic carbocycles. The van der Waals surface area contributed by atoms with E-state index in [0.717, 1.165) is 11.8 Å². The molecule has 0 saturated heterocycles. The number of hydrogen-bond donors (Lipinski definition) is 0. The zero-order chi connectivity index (χ0) is 11.7. The average molecular weight is 291 g/mol. The van der Waals surface area contributed by atoms with Crippen LogP contribution in [-0.2, 0) is 0 Å². The number of hydrogen-bond acceptors (Lipinski definition) is 0. The first kappa shape index (κ1) is 11.5. The first-order valence-corrected chi connectivity index (χ1v) is 7.57. The van der Waals surface area contributed by atoms with E-state index in [-0.39, 0.29) is 0 Å². The van der Waals surface area contributed by atoms with Gasteiger partial charge in [-0.3, -0.25) is 0 Å². The third-order valence-electron chi connectivity index (χ3n) is 4.48. The van der Waals surface area contributed by atoms with E-state index < -0.39 is 0 Å². The second-order valence-corrected chi connectivity index (χ2v) is 6.38. The topological polar surface area (TPSA) is 0 Å². The predicted molar refractivity (Wildman–Crippen MR) is 76.8 cm³/mol. The van der Waals surface area contributed by atoms with E-state index in [9.17, 15) is 0 Å². The smallest absolute Gasteiger partial charge is 0.0175 e. The molecular formula is C16H19Br. The molecule has 0 amide bonds. The Morgan fingerprint density at radius 3 is 2.24 bits per heavy atom. The first-order valence-electron chi connectivity index (χ1n) is 6.78. The maximum Gasteiger partial charge on any atom is 0.0175 e. The van der Waals surface area contributed by atoms with Crippen molar-refractivity contribution in [2.45, 2.75) is 38.5 Å². The van der Waals surface area contributed by atoms with E-state index in [2.05, 4.69) is 46.3 Å². The zero-order valence-electron chi connectivity index (χ0n) is 10.2. The van der Waals surface area contributed by atoms with Gasteiger partial charge >= 0.3 is 0 Å². The summed E-state index contributed by atoms with van der Waals surface area (Å²) in [5, 5.41) is 0. The number of allylic oxidation sites excluding steroid dienone is 2. The van der Waals surface area contributed by atoms with Crippen LogP contribution in [0.3, 0.4) is 0 Å². The Morgan fingerprint density at radius 2 is 1.71 bits per heavy atom. The van der Waals surface area contributed by atoms with E-state index in [4.69, 9.17) is 0 Å². The van der Waals surface area contributed by atoms with Crippen LogP contribution in [0.5, 0.6) is 0 Å².